The Morgan fingerprint density at radius 3 is 2.94 bits per heavy atom. The summed E-state index contributed by atoms with van der Waals surface area (Å²) in [6, 6.07) is 0. The fraction of sp³-hybridized carbons (Fsp3) is 0.636. The van der Waals surface area contributed by atoms with E-state index >= 15 is 0 Å². The second kappa shape index (κ2) is 4.91. The maximum Gasteiger partial charge on any atom is 0.307 e. The van der Waals surface area contributed by atoms with Crippen LogP contribution in [0.15, 0.2) is 17.6 Å². The normalized spacial score (nSPS) is 25.6. The summed E-state index contributed by atoms with van der Waals surface area (Å²) in [5.74, 6) is -0.873. The molecule has 2 atom stereocenters. The number of hydrogen-bond acceptors (Lipinski definition) is 3. The monoisotopic (exact) mass is 240 g/mol. The molecule has 16 heavy (non-hydrogen) atoms. The van der Waals surface area contributed by atoms with Crippen LogP contribution in [0, 0.1) is 5.92 Å². The Morgan fingerprint density at radius 2 is 2.31 bits per heavy atom. The number of carboxylic acids is 1. The number of aliphatic carboxylic acids is 1. The average molecular weight is 240 g/mol. The summed E-state index contributed by atoms with van der Waals surface area (Å²) in [7, 11) is 1.94. The van der Waals surface area contributed by atoms with Gasteiger partial charge < -0.3 is 9.67 Å². The van der Waals surface area contributed by atoms with Gasteiger partial charge in [-0.05, 0) is 12.8 Å². The lowest BCUT2D eigenvalue weighted by molar-refractivity contribution is -0.142. The molecule has 1 aromatic rings. The molecular formula is C11H16N2O2S. The van der Waals surface area contributed by atoms with Gasteiger partial charge in [-0.3, -0.25) is 4.79 Å². The molecule has 1 saturated carbocycles. The molecule has 1 aliphatic carbocycles. The average Bonchev–Trinajstić information content (AvgIpc) is 2.65. The van der Waals surface area contributed by atoms with Gasteiger partial charge in [-0.1, -0.05) is 24.6 Å². The summed E-state index contributed by atoms with van der Waals surface area (Å²) in [4.78, 5) is 15.4. The number of carboxylic acid groups (broad SMARTS) is 1. The summed E-state index contributed by atoms with van der Waals surface area (Å²) < 4.78 is 1.94. The van der Waals surface area contributed by atoms with Crippen molar-refractivity contribution in [1.29, 1.82) is 0 Å². The maximum atomic E-state index is 11.1. The zero-order chi connectivity index (χ0) is 11.5. The summed E-state index contributed by atoms with van der Waals surface area (Å²) in [5.41, 5.74) is 0. The van der Waals surface area contributed by atoms with Crippen molar-refractivity contribution in [3.8, 4) is 0 Å². The molecule has 1 N–H and O–H groups in total. The zero-order valence-electron chi connectivity index (χ0n) is 9.30. The Bertz CT molecular complexity index is 378. The van der Waals surface area contributed by atoms with Gasteiger partial charge >= 0.3 is 5.97 Å². The molecule has 2 unspecified atom stereocenters. The van der Waals surface area contributed by atoms with E-state index in [0.29, 0.717) is 0 Å². The van der Waals surface area contributed by atoms with Crippen LogP contribution in [0.1, 0.15) is 25.7 Å². The largest absolute Gasteiger partial charge is 0.481 e. The van der Waals surface area contributed by atoms with E-state index in [4.69, 9.17) is 5.11 Å². The third kappa shape index (κ3) is 2.40. The highest BCUT2D eigenvalue weighted by Gasteiger charge is 2.32. The molecule has 0 aliphatic heterocycles. The lowest BCUT2D eigenvalue weighted by atomic mass is 9.89. The number of imidazole rings is 1. The van der Waals surface area contributed by atoms with Gasteiger partial charge in [0.2, 0.25) is 0 Å². The van der Waals surface area contributed by atoms with Gasteiger partial charge in [-0.25, -0.2) is 4.98 Å². The standard InChI is InChI=1S/C11H16N2O2S/c1-13-7-6-12-11(13)16-9-5-3-2-4-8(9)10(14)15/h6-9H,2-5H2,1H3,(H,14,15). The van der Waals surface area contributed by atoms with E-state index in [-0.39, 0.29) is 11.2 Å². The van der Waals surface area contributed by atoms with Gasteiger partial charge in [-0.15, -0.1) is 0 Å². The predicted molar refractivity (Wildman–Crippen MR) is 62.4 cm³/mol. The third-order valence-electron chi connectivity index (χ3n) is 3.05. The number of nitrogens with zero attached hydrogens (tertiary/aromatic N) is 2. The lowest BCUT2D eigenvalue weighted by Crippen LogP contribution is -2.29. The van der Waals surface area contributed by atoms with E-state index in [1.165, 1.54) is 0 Å². The number of aryl methyl sites for hydroxylation is 1. The Balaban J connectivity index is 2.07. The minimum Gasteiger partial charge on any atom is -0.481 e. The molecule has 1 fully saturated rings. The second-order valence-electron chi connectivity index (χ2n) is 4.21. The van der Waals surface area contributed by atoms with Crippen LogP contribution >= 0.6 is 11.8 Å². The minimum absolute atomic E-state index is 0.173. The molecule has 0 radical (unpaired) electrons. The lowest BCUT2D eigenvalue weighted by Gasteiger charge is -2.27. The summed E-state index contributed by atoms with van der Waals surface area (Å²) >= 11 is 1.61. The zero-order valence-corrected chi connectivity index (χ0v) is 10.1. The number of rotatable bonds is 3. The first-order chi connectivity index (χ1) is 7.68. The third-order valence-corrected chi connectivity index (χ3v) is 4.52. The first-order valence-corrected chi connectivity index (χ1v) is 6.43. The van der Waals surface area contributed by atoms with Crippen molar-refractivity contribution in [3.63, 3.8) is 0 Å². The summed E-state index contributed by atoms with van der Waals surface area (Å²) in [6.07, 6.45) is 7.59. The van der Waals surface area contributed by atoms with Gasteiger partial charge in [0.05, 0.1) is 5.92 Å². The number of thioether (sulfide) groups is 1. The van der Waals surface area contributed by atoms with Crippen molar-refractivity contribution in [2.75, 3.05) is 0 Å². The number of carbonyl (C=O) groups is 1. The van der Waals surface area contributed by atoms with Crippen molar-refractivity contribution < 1.29 is 9.90 Å². The van der Waals surface area contributed by atoms with Crippen molar-refractivity contribution in [3.05, 3.63) is 12.4 Å². The fourth-order valence-corrected chi connectivity index (χ4v) is 3.44. The van der Waals surface area contributed by atoms with Crippen LogP contribution in [0.5, 0.6) is 0 Å². The molecule has 0 aromatic carbocycles. The van der Waals surface area contributed by atoms with Crippen LogP contribution in [0.4, 0.5) is 0 Å². The Kier molecular flexibility index (Phi) is 3.53. The molecule has 4 nitrogen and oxygen atoms in total. The van der Waals surface area contributed by atoms with Crippen molar-refractivity contribution in [2.45, 2.75) is 36.1 Å². The summed E-state index contributed by atoms with van der Waals surface area (Å²) in [6.45, 7) is 0. The second-order valence-corrected chi connectivity index (χ2v) is 5.41. The van der Waals surface area contributed by atoms with E-state index < -0.39 is 5.97 Å². The highest BCUT2D eigenvalue weighted by atomic mass is 32.2. The van der Waals surface area contributed by atoms with Gasteiger partial charge in [0, 0.05) is 24.7 Å². The highest BCUT2D eigenvalue weighted by Crippen LogP contribution is 2.36. The first-order valence-electron chi connectivity index (χ1n) is 5.55. The maximum absolute atomic E-state index is 11.1. The SMILES string of the molecule is Cn1ccnc1SC1CCCCC1C(=O)O. The minimum atomic E-state index is -0.661. The molecule has 0 spiro atoms. The fourth-order valence-electron chi connectivity index (χ4n) is 2.12. The molecule has 1 heterocycles. The van der Waals surface area contributed by atoms with E-state index in [9.17, 15) is 4.79 Å². The van der Waals surface area contributed by atoms with E-state index in [2.05, 4.69) is 4.98 Å². The quantitative estimate of drug-likeness (QED) is 0.879. The molecule has 1 aliphatic rings. The topological polar surface area (TPSA) is 55.1 Å². The molecular weight excluding hydrogens is 224 g/mol. The van der Waals surface area contributed by atoms with Crippen LogP contribution in [0.25, 0.3) is 0 Å². The molecule has 2 rings (SSSR count). The van der Waals surface area contributed by atoms with Crippen LogP contribution in [-0.4, -0.2) is 25.9 Å². The Hall–Kier alpha value is -0.970. The van der Waals surface area contributed by atoms with Crippen LogP contribution < -0.4 is 0 Å². The van der Waals surface area contributed by atoms with Crippen molar-refractivity contribution in [1.82, 2.24) is 9.55 Å². The summed E-state index contributed by atoms with van der Waals surface area (Å²) in [5, 5.41) is 10.3. The number of hydrogen-bond donors (Lipinski definition) is 1. The molecule has 0 saturated heterocycles. The van der Waals surface area contributed by atoms with Crippen LogP contribution in [0.3, 0.4) is 0 Å². The van der Waals surface area contributed by atoms with Crippen molar-refractivity contribution >= 4 is 17.7 Å². The predicted octanol–water partition coefficient (Wildman–Crippen LogP) is 2.16. The van der Waals surface area contributed by atoms with Crippen molar-refractivity contribution in [2.24, 2.45) is 13.0 Å². The Labute approximate surface area is 99.1 Å². The molecule has 1 aromatic heterocycles. The Morgan fingerprint density at radius 1 is 1.56 bits per heavy atom. The van der Waals surface area contributed by atoms with Gasteiger partial charge in [0.25, 0.3) is 0 Å². The van der Waals surface area contributed by atoms with Gasteiger partial charge in [-0.2, -0.15) is 0 Å². The smallest absolute Gasteiger partial charge is 0.307 e. The molecule has 88 valence electrons. The molecule has 0 amide bonds. The van der Waals surface area contributed by atoms with E-state index in [1.54, 1.807) is 18.0 Å². The molecule has 0 bridgehead atoms. The van der Waals surface area contributed by atoms with Crippen LogP contribution in [-0.2, 0) is 11.8 Å². The van der Waals surface area contributed by atoms with E-state index in [1.807, 2.05) is 17.8 Å². The van der Waals surface area contributed by atoms with Gasteiger partial charge in [0.15, 0.2) is 5.16 Å². The van der Waals surface area contributed by atoms with Gasteiger partial charge in [0.1, 0.15) is 0 Å². The molecule has 5 heteroatoms. The first kappa shape index (κ1) is 11.5. The highest BCUT2D eigenvalue weighted by molar-refractivity contribution is 7.99. The number of aromatic nitrogens is 2. The van der Waals surface area contributed by atoms with Crippen LogP contribution in [0.2, 0.25) is 0 Å². The van der Waals surface area contributed by atoms with E-state index in [0.717, 1.165) is 30.8 Å².